The third kappa shape index (κ3) is 5.63. The number of H-pyrrole nitrogens is 1. The summed E-state index contributed by atoms with van der Waals surface area (Å²) in [5.41, 5.74) is 0.688. The zero-order valence-corrected chi connectivity index (χ0v) is 15.6. The predicted octanol–water partition coefficient (Wildman–Crippen LogP) is 2.19. The normalized spacial score (nSPS) is 15.6. The first-order chi connectivity index (χ1) is 12.7. The van der Waals surface area contributed by atoms with E-state index in [0.29, 0.717) is 23.7 Å². The maximum absolute atomic E-state index is 12.1. The number of ether oxygens (including phenoxy) is 1. The fraction of sp³-hybridized carbons (Fsp3) is 0.471. The molecule has 0 spiro atoms. The number of carbonyl (C=O) groups excluding carboxylic acids is 1. The van der Waals surface area contributed by atoms with Crippen LogP contribution in [0.5, 0.6) is 5.75 Å². The van der Waals surface area contributed by atoms with Crippen LogP contribution in [0, 0.1) is 0 Å². The average molecular weight is 376 g/mol. The van der Waals surface area contributed by atoms with Gasteiger partial charge < -0.3 is 20.3 Å². The summed E-state index contributed by atoms with van der Waals surface area (Å²) >= 11 is 1.53. The highest BCUT2D eigenvalue weighted by atomic mass is 32.2. The number of hydrogen-bond acceptors (Lipinski definition) is 6. The topological polar surface area (TPSA) is 95.2 Å². The Kier molecular flexibility index (Phi) is 6.73. The van der Waals surface area contributed by atoms with Crippen molar-refractivity contribution in [2.75, 3.05) is 37.8 Å². The number of nitrogens with zero attached hydrogens (tertiary/aromatic N) is 3. The number of amides is 2. The minimum atomic E-state index is -0.245. The van der Waals surface area contributed by atoms with Crippen molar-refractivity contribution >= 4 is 23.5 Å². The first kappa shape index (κ1) is 18.5. The SMILES string of the molecule is CN1CCC(Oc2ccccc2NC(=O)NCCSc2cn[nH]n2)CC1. The van der Waals surface area contributed by atoms with E-state index in [9.17, 15) is 4.79 Å². The average Bonchev–Trinajstić information content (AvgIpc) is 3.16. The van der Waals surface area contributed by atoms with Gasteiger partial charge in [-0.3, -0.25) is 0 Å². The summed E-state index contributed by atoms with van der Waals surface area (Å²) in [7, 11) is 2.12. The van der Waals surface area contributed by atoms with Crippen molar-refractivity contribution in [3.8, 4) is 5.75 Å². The fourth-order valence-corrected chi connectivity index (χ4v) is 3.35. The Labute approximate surface area is 157 Å². The summed E-state index contributed by atoms with van der Waals surface area (Å²) < 4.78 is 6.12. The van der Waals surface area contributed by atoms with E-state index >= 15 is 0 Å². The van der Waals surface area contributed by atoms with E-state index in [1.807, 2.05) is 24.3 Å². The Hall–Kier alpha value is -2.26. The van der Waals surface area contributed by atoms with Crippen LogP contribution >= 0.6 is 11.8 Å². The van der Waals surface area contributed by atoms with E-state index in [2.05, 4.69) is 38.0 Å². The molecule has 1 aliphatic rings. The second-order valence-electron chi connectivity index (χ2n) is 6.15. The first-order valence-corrected chi connectivity index (χ1v) is 9.67. The number of aromatic amines is 1. The van der Waals surface area contributed by atoms with Gasteiger partial charge in [0, 0.05) is 25.4 Å². The van der Waals surface area contributed by atoms with Gasteiger partial charge in [0.05, 0.1) is 11.9 Å². The molecule has 140 valence electrons. The molecule has 1 aliphatic heterocycles. The summed E-state index contributed by atoms with van der Waals surface area (Å²) in [4.78, 5) is 14.4. The van der Waals surface area contributed by atoms with Gasteiger partial charge >= 0.3 is 6.03 Å². The lowest BCUT2D eigenvalue weighted by atomic mass is 10.1. The number of rotatable bonds is 7. The predicted molar refractivity (Wildman–Crippen MR) is 102 cm³/mol. The van der Waals surface area contributed by atoms with E-state index < -0.39 is 0 Å². The van der Waals surface area contributed by atoms with Crippen LogP contribution in [-0.4, -0.2) is 64.9 Å². The molecule has 0 atom stereocenters. The Morgan fingerprint density at radius 2 is 2.19 bits per heavy atom. The molecule has 8 nitrogen and oxygen atoms in total. The van der Waals surface area contributed by atoms with Gasteiger partial charge in [-0.2, -0.15) is 10.3 Å². The number of hydrogen-bond donors (Lipinski definition) is 3. The quantitative estimate of drug-likeness (QED) is 0.506. The van der Waals surface area contributed by atoms with Crippen molar-refractivity contribution < 1.29 is 9.53 Å². The lowest BCUT2D eigenvalue weighted by molar-refractivity contribution is 0.115. The fourth-order valence-electron chi connectivity index (χ4n) is 2.70. The van der Waals surface area contributed by atoms with E-state index in [0.717, 1.165) is 31.0 Å². The van der Waals surface area contributed by atoms with Gasteiger partial charge in [0.25, 0.3) is 0 Å². The van der Waals surface area contributed by atoms with Gasteiger partial charge in [-0.1, -0.05) is 12.1 Å². The number of carbonyl (C=O) groups is 1. The minimum absolute atomic E-state index is 0.191. The van der Waals surface area contributed by atoms with Crippen molar-refractivity contribution in [2.24, 2.45) is 0 Å². The van der Waals surface area contributed by atoms with Gasteiger partial charge in [-0.15, -0.1) is 16.9 Å². The number of thioether (sulfide) groups is 1. The highest BCUT2D eigenvalue weighted by molar-refractivity contribution is 7.99. The highest BCUT2D eigenvalue weighted by Gasteiger charge is 2.19. The summed E-state index contributed by atoms with van der Waals surface area (Å²) in [6.45, 7) is 2.59. The number of piperidine rings is 1. The van der Waals surface area contributed by atoms with Crippen LogP contribution in [-0.2, 0) is 0 Å². The second-order valence-corrected chi connectivity index (χ2v) is 7.27. The van der Waals surface area contributed by atoms with Crippen LogP contribution in [0.3, 0.4) is 0 Å². The first-order valence-electron chi connectivity index (χ1n) is 8.68. The second kappa shape index (κ2) is 9.44. The largest absolute Gasteiger partial charge is 0.488 e. The molecule has 3 rings (SSSR count). The molecule has 2 amide bonds. The maximum atomic E-state index is 12.1. The molecule has 0 aliphatic carbocycles. The van der Waals surface area contributed by atoms with Crippen molar-refractivity contribution in [2.45, 2.75) is 24.0 Å². The molecule has 0 unspecified atom stereocenters. The maximum Gasteiger partial charge on any atom is 0.319 e. The van der Waals surface area contributed by atoms with Gasteiger partial charge in [0.15, 0.2) is 0 Å². The number of aromatic nitrogens is 3. The van der Waals surface area contributed by atoms with Gasteiger partial charge in [-0.05, 0) is 32.0 Å². The summed E-state index contributed by atoms with van der Waals surface area (Å²) in [6, 6.07) is 7.31. The Morgan fingerprint density at radius 1 is 1.38 bits per heavy atom. The van der Waals surface area contributed by atoms with Crippen LogP contribution in [0.1, 0.15) is 12.8 Å². The molecule has 3 N–H and O–H groups in total. The third-order valence-corrected chi connectivity index (χ3v) is 5.03. The Morgan fingerprint density at radius 3 is 2.96 bits per heavy atom. The van der Waals surface area contributed by atoms with Crippen molar-refractivity contribution in [1.29, 1.82) is 0 Å². The lowest BCUT2D eigenvalue weighted by Gasteiger charge is -2.29. The molecule has 1 saturated heterocycles. The standard InChI is InChI=1S/C17H24N6O2S/c1-23-9-6-13(7-10-23)25-15-5-3-2-4-14(15)20-17(24)18-8-11-26-16-12-19-22-21-16/h2-5,12-13H,6-11H2,1H3,(H2,18,20,24)(H,19,21,22). The van der Waals surface area contributed by atoms with Gasteiger partial charge in [-0.25, -0.2) is 4.79 Å². The van der Waals surface area contributed by atoms with Crippen LogP contribution in [0.15, 0.2) is 35.5 Å². The summed E-state index contributed by atoms with van der Waals surface area (Å²) in [5, 5.41) is 16.8. The molecule has 1 fully saturated rings. The van der Waals surface area contributed by atoms with E-state index in [-0.39, 0.29) is 12.1 Å². The molecule has 2 heterocycles. The number of benzene rings is 1. The molecular weight excluding hydrogens is 352 g/mol. The van der Waals surface area contributed by atoms with Crippen LogP contribution in [0.4, 0.5) is 10.5 Å². The van der Waals surface area contributed by atoms with E-state index in [4.69, 9.17) is 4.74 Å². The Balaban J connectivity index is 1.45. The van der Waals surface area contributed by atoms with Crippen molar-refractivity contribution in [3.05, 3.63) is 30.5 Å². The van der Waals surface area contributed by atoms with Crippen LogP contribution in [0.2, 0.25) is 0 Å². The highest BCUT2D eigenvalue weighted by Crippen LogP contribution is 2.27. The van der Waals surface area contributed by atoms with Crippen molar-refractivity contribution in [1.82, 2.24) is 25.6 Å². The summed E-state index contributed by atoms with van der Waals surface area (Å²) in [6.07, 6.45) is 3.84. The monoisotopic (exact) mass is 376 g/mol. The third-order valence-electron chi connectivity index (χ3n) is 4.12. The van der Waals surface area contributed by atoms with Gasteiger partial charge in [0.1, 0.15) is 16.9 Å². The molecule has 1 aromatic heterocycles. The van der Waals surface area contributed by atoms with E-state index in [1.165, 1.54) is 11.8 Å². The van der Waals surface area contributed by atoms with E-state index in [1.54, 1.807) is 6.20 Å². The van der Waals surface area contributed by atoms with Crippen LogP contribution < -0.4 is 15.4 Å². The zero-order valence-electron chi connectivity index (χ0n) is 14.8. The number of para-hydroxylation sites is 2. The number of nitrogens with one attached hydrogen (secondary N) is 3. The zero-order chi connectivity index (χ0) is 18.2. The van der Waals surface area contributed by atoms with Crippen molar-refractivity contribution in [3.63, 3.8) is 0 Å². The smallest absolute Gasteiger partial charge is 0.319 e. The molecule has 9 heteroatoms. The molecular formula is C17H24N6O2S. The number of anilines is 1. The molecule has 0 radical (unpaired) electrons. The molecule has 1 aromatic carbocycles. The number of urea groups is 1. The molecule has 0 saturated carbocycles. The lowest BCUT2D eigenvalue weighted by Crippen LogP contribution is -2.36. The number of likely N-dealkylation sites (tertiary alicyclic amines) is 1. The molecule has 0 bridgehead atoms. The minimum Gasteiger partial charge on any atom is -0.488 e. The Bertz CT molecular complexity index is 688. The van der Waals surface area contributed by atoms with Crippen LogP contribution in [0.25, 0.3) is 0 Å². The summed E-state index contributed by atoms with van der Waals surface area (Å²) in [5.74, 6) is 1.43. The molecule has 2 aromatic rings. The molecule has 26 heavy (non-hydrogen) atoms. The van der Waals surface area contributed by atoms with Gasteiger partial charge in [0.2, 0.25) is 0 Å².